The van der Waals surface area contributed by atoms with Gasteiger partial charge < -0.3 is 4.90 Å². The number of benzene rings is 1. The van der Waals surface area contributed by atoms with Gasteiger partial charge in [-0.05, 0) is 66.3 Å². The predicted octanol–water partition coefficient (Wildman–Crippen LogP) is 6.86. The van der Waals surface area contributed by atoms with Crippen molar-refractivity contribution in [2.75, 3.05) is 31.1 Å². The minimum absolute atomic E-state index is 0.0162. The van der Waals surface area contributed by atoms with E-state index in [1.54, 1.807) is 12.1 Å². The first-order valence-corrected chi connectivity index (χ1v) is 14.9. The van der Waals surface area contributed by atoms with Crippen molar-refractivity contribution in [1.29, 1.82) is 0 Å². The summed E-state index contributed by atoms with van der Waals surface area (Å²) >= 11 is 0. The Morgan fingerprint density at radius 3 is 2.62 bits per heavy atom. The third-order valence-corrected chi connectivity index (χ3v) is 8.24. The molecule has 4 aromatic rings. The van der Waals surface area contributed by atoms with Gasteiger partial charge >= 0.3 is 6.18 Å². The summed E-state index contributed by atoms with van der Waals surface area (Å²) in [5, 5.41) is 3.84. The summed E-state index contributed by atoms with van der Waals surface area (Å²) in [6.45, 7) is 10.5. The molecule has 1 fully saturated rings. The first-order valence-electron chi connectivity index (χ1n) is 14.9. The van der Waals surface area contributed by atoms with E-state index in [0.29, 0.717) is 16.9 Å². The van der Waals surface area contributed by atoms with Crippen LogP contribution in [-0.4, -0.2) is 57.1 Å². The Kier molecular flexibility index (Phi) is 8.49. The number of pyridine rings is 2. The average Bonchev–Trinajstić information content (AvgIpc) is 3.67. The van der Waals surface area contributed by atoms with E-state index < -0.39 is 17.4 Å². The largest absolute Gasteiger partial charge is 0.434 e. The lowest BCUT2D eigenvalue weighted by atomic mass is 9.95. The highest BCUT2D eigenvalue weighted by atomic mass is 19.4. The van der Waals surface area contributed by atoms with Crippen LogP contribution < -0.4 is 4.90 Å². The van der Waals surface area contributed by atoms with E-state index in [0.717, 1.165) is 73.3 Å². The number of carbonyl (C=O) groups is 1. The molecule has 5 heterocycles. The molecule has 6 rings (SSSR count). The lowest BCUT2D eigenvalue weighted by molar-refractivity contribution is -0.143. The number of halogens is 3. The molecular weight excluding hydrogens is 577 g/mol. The van der Waals surface area contributed by atoms with Gasteiger partial charge in [0, 0.05) is 50.2 Å². The second-order valence-corrected chi connectivity index (χ2v) is 11.3. The minimum atomic E-state index is -4.77. The van der Waals surface area contributed by atoms with E-state index in [2.05, 4.69) is 62.7 Å². The van der Waals surface area contributed by atoms with Crippen molar-refractivity contribution in [3.63, 3.8) is 0 Å². The normalized spacial score (nSPS) is 17.2. The molecule has 0 unspecified atom stereocenters. The number of allylic oxidation sites excluding steroid dienone is 1. The summed E-state index contributed by atoms with van der Waals surface area (Å²) in [6, 6.07) is 16.8. The third kappa shape index (κ3) is 6.37. The standard InChI is InChI=1S/C35H33F3N6O/c1-3-25-21-42(22-29-9-4-5-15-39-29)16-13-27(25)18-24(2)20-43-17-14-26-8-6-10-30(33(26)43)31-11-7-12-32(41-31)44-34(35(36,37)38)28(23-45)19-40-44/h3-12,15,18-19,23H,2,13-14,16-17,20-22H2,1H3/b25-3-,27-18-. The summed E-state index contributed by atoms with van der Waals surface area (Å²) in [5.41, 5.74) is 6.44. The molecule has 0 spiro atoms. The van der Waals surface area contributed by atoms with Gasteiger partial charge in [-0.2, -0.15) is 18.3 Å². The third-order valence-electron chi connectivity index (χ3n) is 8.24. The van der Waals surface area contributed by atoms with Gasteiger partial charge in [0.05, 0.1) is 23.1 Å². The van der Waals surface area contributed by atoms with Crippen LogP contribution in [0.3, 0.4) is 0 Å². The number of fused-ring (bicyclic) bond motifs is 1. The Morgan fingerprint density at radius 2 is 1.87 bits per heavy atom. The molecule has 2 aliphatic rings. The number of aromatic nitrogens is 4. The Balaban J connectivity index is 1.22. The summed E-state index contributed by atoms with van der Waals surface area (Å²) in [5.74, 6) is -0.0162. The lowest BCUT2D eigenvalue weighted by Crippen LogP contribution is -2.32. The number of para-hydroxylation sites is 1. The number of alkyl halides is 3. The first-order chi connectivity index (χ1) is 21.7. The first kappa shape index (κ1) is 30.2. The average molecular weight is 611 g/mol. The fourth-order valence-corrected chi connectivity index (χ4v) is 6.19. The molecule has 10 heteroatoms. The van der Waals surface area contributed by atoms with E-state index in [4.69, 9.17) is 0 Å². The predicted molar refractivity (Wildman–Crippen MR) is 168 cm³/mol. The van der Waals surface area contributed by atoms with Crippen LogP contribution in [0, 0.1) is 0 Å². The van der Waals surface area contributed by atoms with Crippen molar-refractivity contribution in [3.8, 4) is 17.1 Å². The van der Waals surface area contributed by atoms with E-state index in [-0.39, 0.29) is 12.1 Å². The molecule has 1 aromatic carbocycles. The number of hydrogen-bond donors (Lipinski definition) is 0. The molecule has 1 saturated heterocycles. The quantitative estimate of drug-likeness (QED) is 0.203. The van der Waals surface area contributed by atoms with Gasteiger partial charge in [-0.25, -0.2) is 9.67 Å². The number of anilines is 1. The summed E-state index contributed by atoms with van der Waals surface area (Å²) in [6.07, 6.45) is 4.26. The van der Waals surface area contributed by atoms with Crippen molar-refractivity contribution in [2.24, 2.45) is 0 Å². The lowest BCUT2D eigenvalue weighted by Gasteiger charge is -2.31. The molecule has 0 bridgehead atoms. The van der Waals surface area contributed by atoms with E-state index in [1.165, 1.54) is 17.2 Å². The van der Waals surface area contributed by atoms with Gasteiger partial charge in [-0.3, -0.25) is 14.7 Å². The van der Waals surface area contributed by atoms with Crippen LogP contribution in [0.15, 0.2) is 102 Å². The summed E-state index contributed by atoms with van der Waals surface area (Å²) in [4.78, 5) is 25.0. The van der Waals surface area contributed by atoms with Crippen LogP contribution in [0.1, 0.15) is 40.7 Å². The van der Waals surface area contributed by atoms with Crippen LogP contribution in [0.2, 0.25) is 0 Å². The fourth-order valence-electron chi connectivity index (χ4n) is 6.19. The SMILES string of the molecule is C=C(/C=C1/CCN(Cc2ccccn2)C/C1=C/C)CN1CCc2cccc(-c3cccc(-n4ncc(C=O)c4C(F)(F)F)n3)c21. The van der Waals surface area contributed by atoms with Crippen molar-refractivity contribution < 1.29 is 18.0 Å². The zero-order valence-electron chi connectivity index (χ0n) is 25.0. The van der Waals surface area contributed by atoms with Crippen molar-refractivity contribution in [3.05, 3.63) is 125 Å². The molecule has 0 aliphatic carbocycles. The number of aldehydes is 1. The maximum atomic E-state index is 13.8. The summed E-state index contributed by atoms with van der Waals surface area (Å²) < 4.78 is 42.2. The highest BCUT2D eigenvalue weighted by molar-refractivity contribution is 5.81. The van der Waals surface area contributed by atoms with Crippen molar-refractivity contribution in [2.45, 2.75) is 32.5 Å². The second-order valence-electron chi connectivity index (χ2n) is 11.3. The van der Waals surface area contributed by atoms with E-state index in [1.807, 2.05) is 30.5 Å². The summed E-state index contributed by atoms with van der Waals surface area (Å²) in [7, 11) is 0. The number of rotatable bonds is 8. The number of carbonyl (C=O) groups excluding carboxylic acids is 1. The maximum Gasteiger partial charge on any atom is 0.434 e. The Labute approximate surface area is 260 Å². The van der Waals surface area contributed by atoms with Crippen LogP contribution in [0.25, 0.3) is 17.1 Å². The Bertz CT molecular complexity index is 1790. The van der Waals surface area contributed by atoms with Gasteiger partial charge in [0.2, 0.25) is 0 Å². The molecular formula is C35H33F3N6O. The van der Waals surface area contributed by atoms with Gasteiger partial charge in [-0.15, -0.1) is 0 Å². The van der Waals surface area contributed by atoms with E-state index in [9.17, 15) is 18.0 Å². The molecule has 7 nitrogen and oxygen atoms in total. The molecule has 3 aromatic heterocycles. The smallest absolute Gasteiger partial charge is 0.366 e. The molecule has 0 amide bonds. The molecule has 0 saturated carbocycles. The van der Waals surface area contributed by atoms with Gasteiger partial charge in [0.1, 0.15) is 0 Å². The molecule has 2 aliphatic heterocycles. The maximum absolute atomic E-state index is 13.8. The molecule has 0 radical (unpaired) electrons. The van der Waals surface area contributed by atoms with Gasteiger partial charge in [0.15, 0.2) is 17.8 Å². The van der Waals surface area contributed by atoms with Crippen molar-refractivity contribution >= 4 is 12.0 Å². The molecule has 45 heavy (non-hydrogen) atoms. The molecule has 230 valence electrons. The van der Waals surface area contributed by atoms with Crippen LogP contribution >= 0.6 is 0 Å². The van der Waals surface area contributed by atoms with Crippen LogP contribution in [0.5, 0.6) is 0 Å². The van der Waals surface area contributed by atoms with Gasteiger partial charge in [0.25, 0.3) is 0 Å². The zero-order valence-corrected chi connectivity index (χ0v) is 25.0. The fraction of sp³-hybridized carbons (Fsp3) is 0.257. The highest BCUT2D eigenvalue weighted by Crippen LogP contribution is 2.39. The van der Waals surface area contributed by atoms with Crippen LogP contribution in [0.4, 0.5) is 18.9 Å². The second kappa shape index (κ2) is 12.6. The van der Waals surface area contributed by atoms with Crippen molar-refractivity contribution in [1.82, 2.24) is 24.6 Å². The number of nitrogens with zero attached hydrogens (tertiary/aromatic N) is 6. The monoisotopic (exact) mass is 610 g/mol. The minimum Gasteiger partial charge on any atom is -0.366 e. The zero-order chi connectivity index (χ0) is 31.6. The number of hydrogen-bond acceptors (Lipinski definition) is 6. The number of piperidine rings is 1. The highest BCUT2D eigenvalue weighted by Gasteiger charge is 2.39. The molecule has 0 atom stereocenters. The molecule has 0 N–H and O–H groups in total. The topological polar surface area (TPSA) is 67.2 Å². The van der Waals surface area contributed by atoms with Crippen LogP contribution in [-0.2, 0) is 19.1 Å². The Hall–Kier alpha value is -4.83. The van der Waals surface area contributed by atoms with E-state index >= 15 is 0 Å². The van der Waals surface area contributed by atoms with Gasteiger partial charge in [-0.1, -0.05) is 49.1 Å². The Morgan fingerprint density at radius 1 is 1.02 bits per heavy atom. The number of likely N-dealkylation sites (tertiary alicyclic amines) is 1.